The van der Waals surface area contributed by atoms with Crippen molar-refractivity contribution in [2.24, 2.45) is 0 Å². The van der Waals surface area contributed by atoms with E-state index in [9.17, 15) is 0 Å². The molecular formula is C14H18N2. The van der Waals surface area contributed by atoms with E-state index in [0.717, 1.165) is 6.54 Å². The van der Waals surface area contributed by atoms with Gasteiger partial charge in [0.2, 0.25) is 0 Å². The lowest BCUT2D eigenvalue weighted by Gasteiger charge is -2.25. The van der Waals surface area contributed by atoms with Crippen molar-refractivity contribution in [1.82, 2.24) is 0 Å². The van der Waals surface area contributed by atoms with Gasteiger partial charge in [0, 0.05) is 29.6 Å². The highest BCUT2D eigenvalue weighted by molar-refractivity contribution is 5.77. The van der Waals surface area contributed by atoms with Gasteiger partial charge in [-0.3, -0.25) is 0 Å². The molecule has 0 saturated carbocycles. The third-order valence-corrected chi connectivity index (χ3v) is 3.36. The molecule has 0 aliphatic carbocycles. The zero-order valence-electron chi connectivity index (χ0n) is 10.1. The topological polar surface area (TPSA) is 27.1 Å². The molecule has 0 radical (unpaired) electrons. The first-order valence-corrected chi connectivity index (χ1v) is 5.71. The maximum absolute atomic E-state index is 7.29. The molecule has 0 saturated heterocycles. The lowest BCUT2D eigenvalue weighted by atomic mass is 9.84. The highest BCUT2D eigenvalue weighted by Gasteiger charge is 2.38. The fourth-order valence-electron chi connectivity index (χ4n) is 2.56. The van der Waals surface area contributed by atoms with Gasteiger partial charge in [0.1, 0.15) is 0 Å². The molecule has 1 heterocycles. The van der Waals surface area contributed by atoms with E-state index in [2.05, 4.69) is 49.9 Å². The van der Waals surface area contributed by atoms with Gasteiger partial charge < -0.3 is 10.3 Å². The van der Waals surface area contributed by atoms with Crippen molar-refractivity contribution in [2.45, 2.75) is 26.2 Å². The van der Waals surface area contributed by atoms with Crippen LogP contribution in [0.2, 0.25) is 0 Å². The van der Waals surface area contributed by atoms with Crippen LogP contribution >= 0.6 is 0 Å². The molecule has 16 heavy (non-hydrogen) atoms. The third-order valence-electron chi connectivity index (χ3n) is 3.36. The van der Waals surface area contributed by atoms with E-state index in [4.69, 9.17) is 5.41 Å². The van der Waals surface area contributed by atoms with Crippen LogP contribution in [0, 0.1) is 5.41 Å². The molecule has 1 aliphatic rings. The van der Waals surface area contributed by atoms with Gasteiger partial charge in [-0.1, -0.05) is 32.0 Å². The van der Waals surface area contributed by atoms with Crippen LogP contribution in [-0.2, 0) is 5.41 Å². The number of fused-ring (bicyclic) bond motifs is 1. The molecule has 0 fully saturated rings. The summed E-state index contributed by atoms with van der Waals surface area (Å²) in [5, 5.41) is 7.29. The number of nitrogens with one attached hydrogen (secondary N) is 1. The Morgan fingerprint density at radius 2 is 2.00 bits per heavy atom. The number of anilines is 1. The van der Waals surface area contributed by atoms with Crippen molar-refractivity contribution in [3.63, 3.8) is 0 Å². The molecule has 0 bridgehead atoms. The minimum Gasteiger partial charge on any atom is -0.344 e. The van der Waals surface area contributed by atoms with Gasteiger partial charge in [-0.05, 0) is 24.6 Å². The molecule has 1 N–H and O–H groups in total. The Balaban J connectivity index is 2.64. The molecule has 2 heteroatoms. The van der Waals surface area contributed by atoms with Gasteiger partial charge in [0.25, 0.3) is 0 Å². The lowest BCUT2D eigenvalue weighted by molar-refractivity contribution is 0.635. The molecule has 1 aliphatic heterocycles. The smallest absolute Gasteiger partial charge is 0.0450 e. The number of likely N-dealkylation sites (N-methyl/N-ethyl adjacent to an activating group) is 1. The second-order valence-corrected chi connectivity index (χ2v) is 4.60. The van der Waals surface area contributed by atoms with Crippen molar-refractivity contribution >= 4 is 11.9 Å². The fourth-order valence-corrected chi connectivity index (χ4v) is 2.56. The summed E-state index contributed by atoms with van der Waals surface area (Å²) in [5.41, 5.74) is 3.85. The molecule has 0 amide bonds. The van der Waals surface area contributed by atoms with Crippen molar-refractivity contribution in [1.29, 1.82) is 5.41 Å². The molecule has 0 unspecified atom stereocenters. The SMILES string of the molecule is CCN1/C(=C\C=N)C(C)(C)c2ccccc21. The number of rotatable bonds is 2. The van der Waals surface area contributed by atoms with Gasteiger partial charge in [0.05, 0.1) is 0 Å². The number of para-hydroxylation sites is 1. The van der Waals surface area contributed by atoms with Crippen molar-refractivity contribution < 1.29 is 0 Å². The Hall–Kier alpha value is -1.57. The molecule has 0 spiro atoms. The van der Waals surface area contributed by atoms with Crippen LogP contribution in [0.15, 0.2) is 36.0 Å². The van der Waals surface area contributed by atoms with Crippen molar-refractivity contribution in [2.75, 3.05) is 11.4 Å². The van der Waals surface area contributed by atoms with Crippen LogP contribution in [-0.4, -0.2) is 12.8 Å². The Morgan fingerprint density at radius 3 is 2.62 bits per heavy atom. The van der Waals surface area contributed by atoms with Gasteiger partial charge in [-0.15, -0.1) is 0 Å². The van der Waals surface area contributed by atoms with Gasteiger partial charge in [0.15, 0.2) is 0 Å². The van der Waals surface area contributed by atoms with Gasteiger partial charge >= 0.3 is 0 Å². The first kappa shape index (κ1) is 10.9. The minimum atomic E-state index is 0.00412. The minimum absolute atomic E-state index is 0.00412. The van der Waals surface area contributed by atoms with Crippen LogP contribution in [0.1, 0.15) is 26.3 Å². The van der Waals surface area contributed by atoms with E-state index in [0.29, 0.717) is 0 Å². The van der Waals surface area contributed by atoms with Crippen LogP contribution in [0.5, 0.6) is 0 Å². The van der Waals surface area contributed by atoms with E-state index in [-0.39, 0.29) is 5.41 Å². The predicted molar refractivity (Wildman–Crippen MR) is 69.4 cm³/mol. The van der Waals surface area contributed by atoms with Crippen molar-refractivity contribution in [3.8, 4) is 0 Å². The normalized spacial score (nSPS) is 19.9. The third kappa shape index (κ3) is 1.37. The number of allylic oxidation sites excluding steroid dienone is 2. The standard InChI is InChI=1S/C14H18N2/c1-4-16-12-8-6-5-7-11(12)14(2,3)13(16)9-10-15/h5-10,15H,4H2,1-3H3/b13-9-,15-10?. The summed E-state index contributed by atoms with van der Waals surface area (Å²) < 4.78 is 0. The molecular weight excluding hydrogens is 196 g/mol. The summed E-state index contributed by atoms with van der Waals surface area (Å²) in [6.45, 7) is 7.53. The highest BCUT2D eigenvalue weighted by Crippen LogP contribution is 2.46. The molecule has 1 aromatic rings. The summed E-state index contributed by atoms with van der Waals surface area (Å²) in [6.07, 6.45) is 3.29. The van der Waals surface area contributed by atoms with Crippen LogP contribution in [0.3, 0.4) is 0 Å². The van der Waals surface area contributed by atoms with Crippen molar-refractivity contribution in [3.05, 3.63) is 41.6 Å². The summed E-state index contributed by atoms with van der Waals surface area (Å²) in [7, 11) is 0. The Labute approximate surface area is 97.1 Å². The molecule has 1 aromatic carbocycles. The Bertz CT molecular complexity index is 444. The molecule has 84 valence electrons. The molecule has 2 rings (SSSR count). The van der Waals surface area contributed by atoms with Crippen LogP contribution in [0.4, 0.5) is 5.69 Å². The summed E-state index contributed by atoms with van der Waals surface area (Å²) in [5.74, 6) is 0. The quantitative estimate of drug-likeness (QED) is 0.751. The average molecular weight is 214 g/mol. The fraction of sp³-hybridized carbons (Fsp3) is 0.357. The number of benzene rings is 1. The highest BCUT2D eigenvalue weighted by atomic mass is 15.2. The van der Waals surface area contributed by atoms with E-state index < -0.39 is 0 Å². The zero-order chi connectivity index (χ0) is 11.8. The van der Waals surface area contributed by atoms with Gasteiger partial charge in [-0.2, -0.15) is 0 Å². The van der Waals surface area contributed by atoms with E-state index >= 15 is 0 Å². The van der Waals surface area contributed by atoms with E-state index in [1.54, 1.807) is 0 Å². The summed E-state index contributed by atoms with van der Waals surface area (Å²) >= 11 is 0. The second-order valence-electron chi connectivity index (χ2n) is 4.60. The molecule has 0 aromatic heterocycles. The Kier molecular flexibility index (Phi) is 2.58. The number of hydrogen-bond acceptors (Lipinski definition) is 2. The predicted octanol–water partition coefficient (Wildman–Crippen LogP) is 3.34. The lowest BCUT2D eigenvalue weighted by Crippen LogP contribution is -2.26. The maximum Gasteiger partial charge on any atom is 0.0450 e. The van der Waals surface area contributed by atoms with E-state index in [1.807, 2.05) is 6.08 Å². The first-order chi connectivity index (χ1) is 7.62. The largest absolute Gasteiger partial charge is 0.344 e. The first-order valence-electron chi connectivity index (χ1n) is 5.71. The van der Waals surface area contributed by atoms with Crippen LogP contribution < -0.4 is 4.90 Å². The van der Waals surface area contributed by atoms with Crippen LogP contribution in [0.25, 0.3) is 0 Å². The van der Waals surface area contributed by atoms with Gasteiger partial charge in [-0.25, -0.2) is 0 Å². The number of nitrogens with zero attached hydrogens (tertiary/aromatic N) is 1. The average Bonchev–Trinajstić information content (AvgIpc) is 2.49. The molecule has 2 nitrogen and oxygen atoms in total. The number of hydrogen-bond donors (Lipinski definition) is 1. The second kappa shape index (κ2) is 3.78. The Morgan fingerprint density at radius 1 is 1.31 bits per heavy atom. The monoisotopic (exact) mass is 214 g/mol. The molecule has 0 atom stereocenters. The zero-order valence-corrected chi connectivity index (χ0v) is 10.1. The summed E-state index contributed by atoms with van der Waals surface area (Å²) in [6, 6.07) is 8.50. The summed E-state index contributed by atoms with van der Waals surface area (Å²) in [4.78, 5) is 2.29. The van der Waals surface area contributed by atoms with E-state index in [1.165, 1.54) is 23.2 Å². The maximum atomic E-state index is 7.29.